The third-order valence-corrected chi connectivity index (χ3v) is 3.72. The standard InChI is InChI=1S/C19H23FN4O2/c1-24(2)11-5-9-22-19(26)17-12-14(8-10-21-17)18(25)23-13-15-6-3-4-7-16(15)20/h3-4,6-8,10,12H,5,9,11,13H2,1-2H3,(H,22,26)(H,23,25). The van der Waals surface area contributed by atoms with Crippen LogP contribution < -0.4 is 10.6 Å². The number of pyridine rings is 1. The quantitative estimate of drug-likeness (QED) is 0.706. The van der Waals surface area contributed by atoms with E-state index in [1.807, 2.05) is 19.0 Å². The average molecular weight is 358 g/mol. The van der Waals surface area contributed by atoms with Gasteiger partial charge in [0.05, 0.1) is 0 Å². The van der Waals surface area contributed by atoms with E-state index in [0.717, 1.165) is 13.0 Å². The summed E-state index contributed by atoms with van der Waals surface area (Å²) in [6.45, 7) is 1.47. The molecule has 138 valence electrons. The molecule has 0 fully saturated rings. The smallest absolute Gasteiger partial charge is 0.269 e. The number of benzene rings is 1. The van der Waals surface area contributed by atoms with Crippen LogP contribution in [0.5, 0.6) is 0 Å². The first-order chi connectivity index (χ1) is 12.5. The Morgan fingerprint density at radius 1 is 1.12 bits per heavy atom. The van der Waals surface area contributed by atoms with Crippen molar-refractivity contribution in [1.82, 2.24) is 20.5 Å². The maximum Gasteiger partial charge on any atom is 0.269 e. The maximum absolute atomic E-state index is 13.6. The van der Waals surface area contributed by atoms with Gasteiger partial charge in [0.15, 0.2) is 0 Å². The van der Waals surface area contributed by atoms with Crippen molar-refractivity contribution in [3.8, 4) is 0 Å². The summed E-state index contributed by atoms with van der Waals surface area (Å²) < 4.78 is 13.6. The number of halogens is 1. The van der Waals surface area contributed by atoms with Crippen LogP contribution in [0.1, 0.15) is 32.8 Å². The molecule has 1 heterocycles. The Morgan fingerprint density at radius 2 is 1.88 bits per heavy atom. The molecule has 7 heteroatoms. The molecule has 0 aliphatic carbocycles. The van der Waals surface area contributed by atoms with Gasteiger partial charge in [-0.2, -0.15) is 0 Å². The lowest BCUT2D eigenvalue weighted by atomic mass is 10.2. The van der Waals surface area contributed by atoms with Crippen LogP contribution in [-0.4, -0.2) is 48.9 Å². The number of nitrogens with zero attached hydrogens (tertiary/aromatic N) is 2. The topological polar surface area (TPSA) is 74.3 Å². The Labute approximate surface area is 152 Å². The molecule has 1 aromatic carbocycles. The van der Waals surface area contributed by atoms with Gasteiger partial charge in [-0.15, -0.1) is 0 Å². The van der Waals surface area contributed by atoms with Crippen LogP contribution in [0.25, 0.3) is 0 Å². The number of amides is 2. The van der Waals surface area contributed by atoms with Crippen molar-refractivity contribution in [1.29, 1.82) is 0 Å². The number of hydrogen-bond acceptors (Lipinski definition) is 4. The number of hydrogen-bond donors (Lipinski definition) is 2. The molecule has 2 amide bonds. The highest BCUT2D eigenvalue weighted by atomic mass is 19.1. The molecule has 6 nitrogen and oxygen atoms in total. The van der Waals surface area contributed by atoms with Crippen molar-refractivity contribution in [2.24, 2.45) is 0 Å². The summed E-state index contributed by atoms with van der Waals surface area (Å²) in [6, 6.07) is 9.18. The average Bonchev–Trinajstić information content (AvgIpc) is 2.64. The van der Waals surface area contributed by atoms with E-state index < -0.39 is 5.91 Å². The summed E-state index contributed by atoms with van der Waals surface area (Å²) >= 11 is 0. The summed E-state index contributed by atoms with van der Waals surface area (Å²) in [5.74, 6) is -1.09. The van der Waals surface area contributed by atoms with Gasteiger partial charge in [0.2, 0.25) is 0 Å². The molecule has 0 aliphatic rings. The largest absolute Gasteiger partial charge is 0.351 e. The second-order valence-electron chi connectivity index (χ2n) is 6.12. The first kappa shape index (κ1) is 19.5. The fraction of sp³-hybridized carbons (Fsp3) is 0.316. The van der Waals surface area contributed by atoms with Gasteiger partial charge < -0.3 is 15.5 Å². The van der Waals surface area contributed by atoms with Crippen molar-refractivity contribution in [3.05, 3.63) is 65.2 Å². The molecule has 0 unspecified atom stereocenters. The van der Waals surface area contributed by atoms with Gasteiger partial charge in [-0.25, -0.2) is 4.39 Å². The van der Waals surface area contributed by atoms with Crippen molar-refractivity contribution < 1.29 is 14.0 Å². The fourth-order valence-corrected chi connectivity index (χ4v) is 2.30. The first-order valence-electron chi connectivity index (χ1n) is 8.38. The van der Waals surface area contributed by atoms with E-state index >= 15 is 0 Å². The van der Waals surface area contributed by atoms with Gasteiger partial charge in [-0.3, -0.25) is 14.6 Å². The number of rotatable bonds is 8. The molecule has 0 spiro atoms. The zero-order valence-electron chi connectivity index (χ0n) is 15.0. The maximum atomic E-state index is 13.6. The van der Waals surface area contributed by atoms with Gasteiger partial charge in [0.1, 0.15) is 11.5 Å². The zero-order valence-corrected chi connectivity index (χ0v) is 15.0. The highest BCUT2D eigenvalue weighted by molar-refractivity contribution is 5.98. The lowest BCUT2D eigenvalue weighted by Gasteiger charge is -2.10. The Bertz CT molecular complexity index is 765. The predicted octanol–water partition coefficient (Wildman–Crippen LogP) is 1.83. The molecule has 2 N–H and O–H groups in total. The first-order valence-corrected chi connectivity index (χ1v) is 8.38. The fourth-order valence-electron chi connectivity index (χ4n) is 2.30. The number of carbonyl (C=O) groups is 2. The van der Waals surface area contributed by atoms with Crippen LogP contribution in [0.2, 0.25) is 0 Å². The Morgan fingerprint density at radius 3 is 2.62 bits per heavy atom. The molecule has 0 atom stereocenters. The van der Waals surface area contributed by atoms with Crippen LogP contribution >= 0.6 is 0 Å². The van der Waals surface area contributed by atoms with Crippen molar-refractivity contribution in [3.63, 3.8) is 0 Å². The second kappa shape index (κ2) is 9.62. The molecular formula is C19H23FN4O2. The summed E-state index contributed by atoms with van der Waals surface area (Å²) in [7, 11) is 3.93. The van der Waals surface area contributed by atoms with Gasteiger partial charge >= 0.3 is 0 Å². The van der Waals surface area contributed by atoms with E-state index in [9.17, 15) is 14.0 Å². The number of aromatic nitrogens is 1. The van der Waals surface area contributed by atoms with E-state index in [0.29, 0.717) is 17.7 Å². The van der Waals surface area contributed by atoms with Gasteiger partial charge in [0, 0.05) is 30.4 Å². The monoisotopic (exact) mass is 358 g/mol. The molecular weight excluding hydrogens is 335 g/mol. The molecule has 1 aromatic heterocycles. The van der Waals surface area contributed by atoms with Crippen LogP contribution in [0.15, 0.2) is 42.6 Å². The Balaban J connectivity index is 1.92. The summed E-state index contributed by atoms with van der Waals surface area (Å²) in [4.78, 5) is 30.4. The Kier molecular flexibility index (Phi) is 7.23. The zero-order chi connectivity index (χ0) is 18.9. The minimum absolute atomic E-state index is 0.0693. The number of carbonyl (C=O) groups excluding carboxylic acids is 2. The van der Waals surface area contributed by atoms with Gasteiger partial charge in [-0.1, -0.05) is 18.2 Å². The van der Waals surface area contributed by atoms with E-state index in [4.69, 9.17) is 0 Å². The summed E-state index contributed by atoms with van der Waals surface area (Å²) in [6.07, 6.45) is 2.23. The molecule has 2 rings (SSSR count). The molecule has 0 bridgehead atoms. The highest BCUT2D eigenvalue weighted by Gasteiger charge is 2.12. The van der Waals surface area contributed by atoms with Crippen LogP contribution in [-0.2, 0) is 6.54 Å². The Hall–Kier alpha value is -2.80. The van der Waals surface area contributed by atoms with E-state index in [2.05, 4.69) is 15.6 Å². The predicted molar refractivity (Wildman–Crippen MR) is 97.3 cm³/mol. The lowest BCUT2D eigenvalue weighted by molar-refractivity contribution is 0.0947. The van der Waals surface area contributed by atoms with E-state index in [-0.39, 0.29) is 24.0 Å². The lowest BCUT2D eigenvalue weighted by Crippen LogP contribution is -2.28. The minimum Gasteiger partial charge on any atom is -0.351 e. The molecule has 0 saturated carbocycles. The van der Waals surface area contributed by atoms with Crippen molar-refractivity contribution >= 4 is 11.8 Å². The van der Waals surface area contributed by atoms with Crippen LogP contribution in [0.4, 0.5) is 4.39 Å². The SMILES string of the molecule is CN(C)CCCNC(=O)c1cc(C(=O)NCc2ccccc2F)ccn1. The van der Waals surface area contributed by atoms with Crippen LogP contribution in [0.3, 0.4) is 0 Å². The molecule has 0 aliphatic heterocycles. The summed E-state index contributed by atoms with van der Waals surface area (Å²) in [5, 5.41) is 5.42. The normalized spacial score (nSPS) is 10.6. The van der Waals surface area contributed by atoms with Gasteiger partial charge in [0.25, 0.3) is 11.8 Å². The molecule has 0 radical (unpaired) electrons. The highest BCUT2D eigenvalue weighted by Crippen LogP contribution is 2.07. The minimum atomic E-state index is -0.391. The second-order valence-corrected chi connectivity index (χ2v) is 6.12. The molecule has 2 aromatic rings. The third kappa shape index (κ3) is 5.93. The van der Waals surface area contributed by atoms with E-state index in [1.165, 1.54) is 24.4 Å². The van der Waals surface area contributed by atoms with Crippen LogP contribution in [0, 0.1) is 5.82 Å². The van der Waals surface area contributed by atoms with E-state index in [1.54, 1.807) is 18.2 Å². The third-order valence-electron chi connectivity index (χ3n) is 3.72. The van der Waals surface area contributed by atoms with Crippen molar-refractivity contribution in [2.75, 3.05) is 27.2 Å². The van der Waals surface area contributed by atoms with Crippen molar-refractivity contribution in [2.45, 2.75) is 13.0 Å². The summed E-state index contributed by atoms with van der Waals surface area (Å²) in [5.41, 5.74) is 0.872. The van der Waals surface area contributed by atoms with Gasteiger partial charge in [-0.05, 0) is 45.3 Å². The number of nitrogens with one attached hydrogen (secondary N) is 2. The molecule has 26 heavy (non-hydrogen) atoms. The molecule has 0 saturated heterocycles.